The van der Waals surface area contributed by atoms with Gasteiger partial charge in [0.2, 0.25) is 0 Å². The number of aromatic nitrogens is 1. The topological polar surface area (TPSA) is 33.1 Å². The second-order valence-electron chi connectivity index (χ2n) is 3.96. The Morgan fingerprint density at radius 3 is 2.75 bits per heavy atom. The van der Waals surface area contributed by atoms with Crippen molar-refractivity contribution >= 4 is 32.3 Å². The molecule has 0 bridgehead atoms. The van der Waals surface area contributed by atoms with Crippen molar-refractivity contribution in [1.29, 1.82) is 0 Å². The molecule has 0 amide bonds. The third kappa shape index (κ3) is 1.21. The Balaban J connectivity index is 2.57. The van der Waals surface area contributed by atoms with E-state index in [0.717, 1.165) is 31.6 Å². The molecule has 16 heavy (non-hydrogen) atoms. The summed E-state index contributed by atoms with van der Waals surface area (Å²) in [4.78, 5) is 5.43. The van der Waals surface area contributed by atoms with Crippen LogP contribution in [0.3, 0.4) is 0 Å². The smallest absolute Gasteiger partial charge is 0.137 e. The Hall–Kier alpha value is -1.61. The van der Waals surface area contributed by atoms with Crippen molar-refractivity contribution in [3.8, 4) is 5.75 Å². The third-order valence-corrected chi connectivity index (χ3v) is 3.87. The van der Waals surface area contributed by atoms with Gasteiger partial charge in [-0.3, -0.25) is 4.98 Å². The highest BCUT2D eigenvalue weighted by Crippen LogP contribution is 2.40. The van der Waals surface area contributed by atoms with E-state index in [4.69, 9.17) is 0 Å². The zero-order chi connectivity index (χ0) is 11.3. The van der Waals surface area contributed by atoms with Crippen LogP contribution in [0.2, 0.25) is 0 Å². The summed E-state index contributed by atoms with van der Waals surface area (Å²) in [6.07, 6.45) is 0. The Bertz CT molecular complexity index is 700. The van der Waals surface area contributed by atoms with Gasteiger partial charge in [-0.15, -0.1) is 11.3 Å². The lowest BCUT2D eigenvalue weighted by Gasteiger charge is -2.01. The van der Waals surface area contributed by atoms with Gasteiger partial charge in [0.1, 0.15) is 5.75 Å². The van der Waals surface area contributed by atoms with Gasteiger partial charge in [0.15, 0.2) is 0 Å². The molecular weight excluding hydrogens is 218 g/mol. The Kier molecular flexibility index (Phi) is 1.91. The van der Waals surface area contributed by atoms with Gasteiger partial charge in [0, 0.05) is 26.0 Å². The zero-order valence-corrected chi connectivity index (χ0v) is 9.93. The minimum absolute atomic E-state index is 0.399. The molecule has 0 aliphatic heterocycles. The summed E-state index contributed by atoms with van der Waals surface area (Å²) in [5, 5.41) is 12.0. The van der Waals surface area contributed by atoms with E-state index in [1.165, 1.54) is 0 Å². The molecule has 0 aliphatic carbocycles. The predicted octanol–water partition coefficient (Wildman–Crippen LogP) is 3.77. The maximum atomic E-state index is 10.0. The van der Waals surface area contributed by atoms with Crippen LogP contribution < -0.4 is 0 Å². The van der Waals surface area contributed by atoms with Crippen molar-refractivity contribution < 1.29 is 5.11 Å². The van der Waals surface area contributed by atoms with Crippen molar-refractivity contribution in [2.45, 2.75) is 13.8 Å². The molecule has 3 rings (SSSR count). The number of hydrogen-bond donors (Lipinski definition) is 1. The lowest BCUT2D eigenvalue weighted by molar-refractivity contribution is 0.480. The molecule has 3 aromatic rings. The number of benzene rings is 1. The lowest BCUT2D eigenvalue weighted by atomic mass is 10.1. The average molecular weight is 229 g/mol. The molecule has 0 radical (unpaired) electrons. The highest BCUT2D eigenvalue weighted by atomic mass is 32.1. The number of thiophene rings is 1. The molecule has 0 unspecified atom stereocenters. The van der Waals surface area contributed by atoms with E-state index in [1.807, 2.05) is 38.1 Å². The van der Waals surface area contributed by atoms with E-state index in [-0.39, 0.29) is 0 Å². The Morgan fingerprint density at radius 1 is 1.12 bits per heavy atom. The van der Waals surface area contributed by atoms with E-state index >= 15 is 0 Å². The van der Waals surface area contributed by atoms with Gasteiger partial charge >= 0.3 is 0 Å². The van der Waals surface area contributed by atoms with Gasteiger partial charge < -0.3 is 5.11 Å². The van der Waals surface area contributed by atoms with Gasteiger partial charge in [-0.05, 0) is 32.0 Å². The first-order chi connectivity index (χ1) is 7.66. The van der Waals surface area contributed by atoms with Crippen LogP contribution in [0.4, 0.5) is 0 Å². The minimum Gasteiger partial charge on any atom is -0.506 e. The molecular formula is C13H11NOS. The monoisotopic (exact) mass is 229 g/mol. The number of fused-ring (bicyclic) bond motifs is 3. The number of pyridine rings is 1. The predicted molar refractivity (Wildman–Crippen MR) is 68.3 cm³/mol. The summed E-state index contributed by atoms with van der Waals surface area (Å²) in [6, 6.07) is 8.06. The number of hydrogen-bond acceptors (Lipinski definition) is 3. The molecule has 0 atom stereocenters. The lowest BCUT2D eigenvalue weighted by Crippen LogP contribution is -1.82. The number of rotatable bonds is 0. The van der Waals surface area contributed by atoms with Crippen LogP contribution in [0, 0.1) is 13.8 Å². The third-order valence-electron chi connectivity index (χ3n) is 2.81. The zero-order valence-electron chi connectivity index (χ0n) is 9.11. The van der Waals surface area contributed by atoms with Crippen LogP contribution in [0.25, 0.3) is 21.0 Å². The first-order valence-corrected chi connectivity index (χ1v) is 5.97. The standard InChI is InChI=1S/C13H11NOS/c1-7-3-4-9-10(14-7)5-6-11-12(9)13(15)8(2)16-11/h3-6,15H,1-2H3. The fourth-order valence-electron chi connectivity index (χ4n) is 2.00. The summed E-state index contributed by atoms with van der Waals surface area (Å²) >= 11 is 1.62. The quantitative estimate of drug-likeness (QED) is 0.636. The number of nitrogens with zero attached hydrogens (tertiary/aromatic N) is 1. The van der Waals surface area contributed by atoms with Crippen molar-refractivity contribution in [2.24, 2.45) is 0 Å². The molecule has 2 aromatic heterocycles. The molecule has 3 heteroatoms. The summed E-state index contributed by atoms with van der Waals surface area (Å²) in [7, 11) is 0. The largest absolute Gasteiger partial charge is 0.506 e. The van der Waals surface area contributed by atoms with Crippen molar-refractivity contribution in [3.63, 3.8) is 0 Å². The van der Waals surface area contributed by atoms with Crippen molar-refractivity contribution in [3.05, 3.63) is 34.8 Å². The van der Waals surface area contributed by atoms with Gasteiger partial charge in [0.25, 0.3) is 0 Å². The molecule has 1 N–H and O–H groups in total. The molecule has 0 aliphatic rings. The van der Waals surface area contributed by atoms with E-state index in [9.17, 15) is 5.11 Å². The SMILES string of the molecule is Cc1ccc2c(ccc3sc(C)c(O)c32)n1. The van der Waals surface area contributed by atoms with E-state index in [2.05, 4.69) is 4.98 Å². The summed E-state index contributed by atoms with van der Waals surface area (Å²) in [5.74, 6) is 0.399. The maximum Gasteiger partial charge on any atom is 0.137 e. The molecule has 0 saturated heterocycles. The second kappa shape index (κ2) is 3.19. The van der Waals surface area contributed by atoms with Crippen molar-refractivity contribution in [1.82, 2.24) is 4.98 Å². The van der Waals surface area contributed by atoms with Gasteiger partial charge in [-0.25, -0.2) is 0 Å². The van der Waals surface area contributed by atoms with Crippen LogP contribution in [-0.4, -0.2) is 10.1 Å². The molecule has 80 valence electrons. The van der Waals surface area contributed by atoms with Crippen LogP contribution in [0.5, 0.6) is 5.75 Å². The van der Waals surface area contributed by atoms with Crippen LogP contribution in [0.1, 0.15) is 10.6 Å². The van der Waals surface area contributed by atoms with E-state index in [0.29, 0.717) is 5.75 Å². The first kappa shape index (κ1) is 9.60. The number of aryl methyl sites for hydroxylation is 2. The van der Waals surface area contributed by atoms with E-state index in [1.54, 1.807) is 11.3 Å². The normalized spacial score (nSPS) is 11.4. The summed E-state index contributed by atoms with van der Waals surface area (Å²) in [6.45, 7) is 3.91. The fraction of sp³-hybridized carbons (Fsp3) is 0.154. The molecule has 0 fully saturated rings. The Labute approximate surface area is 97.2 Å². The maximum absolute atomic E-state index is 10.0. The molecule has 2 nitrogen and oxygen atoms in total. The molecule has 0 spiro atoms. The fourth-order valence-corrected chi connectivity index (χ4v) is 2.98. The summed E-state index contributed by atoms with van der Waals surface area (Å²) < 4.78 is 1.12. The number of aromatic hydroxyl groups is 1. The highest BCUT2D eigenvalue weighted by molar-refractivity contribution is 7.19. The second-order valence-corrected chi connectivity index (χ2v) is 5.22. The van der Waals surface area contributed by atoms with Gasteiger partial charge in [-0.2, -0.15) is 0 Å². The highest BCUT2D eigenvalue weighted by Gasteiger charge is 2.11. The minimum atomic E-state index is 0.399. The molecule has 0 saturated carbocycles. The first-order valence-electron chi connectivity index (χ1n) is 5.15. The summed E-state index contributed by atoms with van der Waals surface area (Å²) in [5.41, 5.74) is 1.94. The van der Waals surface area contributed by atoms with Gasteiger partial charge in [-0.1, -0.05) is 6.07 Å². The van der Waals surface area contributed by atoms with E-state index < -0.39 is 0 Å². The van der Waals surface area contributed by atoms with Crippen LogP contribution in [-0.2, 0) is 0 Å². The van der Waals surface area contributed by atoms with Crippen LogP contribution >= 0.6 is 11.3 Å². The van der Waals surface area contributed by atoms with Crippen LogP contribution in [0.15, 0.2) is 24.3 Å². The molecule has 2 heterocycles. The Morgan fingerprint density at radius 2 is 1.94 bits per heavy atom. The van der Waals surface area contributed by atoms with Gasteiger partial charge in [0.05, 0.1) is 5.52 Å². The van der Waals surface area contributed by atoms with Crippen molar-refractivity contribution in [2.75, 3.05) is 0 Å². The molecule has 1 aromatic carbocycles. The average Bonchev–Trinajstić information content (AvgIpc) is 2.55.